The molecule has 0 unspecified atom stereocenters. The molecule has 0 aliphatic carbocycles. The van der Waals surface area contributed by atoms with Crippen molar-refractivity contribution in [1.82, 2.24) is 14.8 Å². The molecule has 4 aromatic rings. The van der Waals surface area contributed by atoms with Gasteiger partial charge in [-0.2, -0.15) is 0 Å². The van der Waals surface area contributed by atoms with Gasteiger partial charge in [0.1, 0.15) is 12.4 Å². The second-order valence-corrected chi connectivity index (χ2v) is 9.58. The number of ether oxygens (including phenoxy) is 1. The lowest BCUT2D eigenvalue weighted by Gasteiger charge is -2.14. The van der Waals surface area contributed by atoms with Gasteiger partial charge in [-0.15, -0.1) is 10.2 Å². The SMILES string of the molecule is Cc1cc(C)c(NC(=O)CSc2nnc(COc3ccccc3C)n2Cc2ccccc2)c(C)c1. The first-order valence-electron chi connectivity index (χ1n) is 11.6. The number of nitrogens with zero attached hydrogens (tertiary/aromatic N) is 3. The molecular weight excluding hydrogens is 456 g/mol. The second kappa shape index (κ2) is 11.2. The summed E-state index contributed by atoms with van der Waals surface area (Å²) >= 11 is 1.38. The van der Waals surface area contributed by atoms with Gasteiger partial charge >= 0.3 is 0 Å². The molecule has 0 radical (unpaired) electrons. The van der Waals surface area contributed by atoms with Gasteiger partial charge in [-0.3, -0.25) is 9.36 Å². The summed E-state index contributed by atoms with van der Waals surface area (Å²) in [6.45, 7) is 8.99. The Hall–Kier alpha value is -3.58. The van der Waals surface area contributed by atoms with E-state index >= 15 is 0 Å². The fraction of sp³-hybridized carbons (Fsp3) is 0.250. The molecule has 1 N–H and O–H groups in total. The average molecular weight is 487 g/mol. The Kier molecular flexibility index (Phi) is 7.87. The van der Waals surface area contributed by atoms with E-state index in [2.05, 4.69) is 46.7 Å². The van der Waals surface area contributed by atoms with Crippen LogP contribution in [0.2, 0.25) is 0 Å². The van der Waals surface area contributed by atoms with Crippen molar-refractivity contribution in [2.24, 2.45) is 0 Å². The van der Waals surface area contributed by atoms with Crippen LogP contribution >= 0.6 is 11.8 Å². The van der Waals surface area contributed by atoms with Gasteiger partial charge in [0.15, 0.2) is 11.0 Å². The molecule has 1 amide bonds. The van der Waals surface area contributed by atoms with Crippen molar-refractivity contribution >= 4 is 23.4 Å². The van der Waals surface area contributed by atoms with Crippen molar-refractivity contribution in [2.75, 3.05) is 11.1 Å². The van der Waals surface area contributed by atoms with Crippen LogP contribution in [0.4, 0.5) is 5.69 Å². The summed E-state index contributed by atoms with van der Waals surface area (Å²) in [6, 6.07) is 22.2. The maximum Gasteiger partial charge on any atom is 0.234 e. The molecular formula is C28H30N4O2S. The highest BCUT2D eigenvalue weighted by Crippen LogP contribution is 2.24. The Morgan fingerprint density at radius 2 is 1.60 bits per heavy atom. The number of carbonyl (C=O) groups is 1. The molecule has 3 aromatic carbocycles. The maximum absolute atomic E-state index is 12.8. The molecule has 6 nitrogen and oxygen atoms in total. The van der Waals surface area contributed by atoms with Crippen LogP contribution < -0.4 is 10.1 Å². The number of benzene rings is 3. The normalized spacial score (nSPS) is 10.9. The van der Waals surface area contributed by atoms with Crippen molar-refractivity contribution < 1.29 is 9.53 Å². The van der Waals surface area contributed by atoms with Crippen molar-refractivity contribution in [1.29, 1.82) is 0 Å². The summed E-state index contributed by atoms with van der Waals surface area (Å²) in [7, 11) is 0. The highest BCUT2D eigenvalue weighted by molar-refractivity contribution is 7.99. The fourth-order valence-electron chi connectivity index (χ4n) is 4.00. The standard InChI is InChI=1S/C28H30N4O2S/c1-19-14-21(3)27(22(4)15-19)29-26(33)18-35-28-31-30-25(17-34-24-13-9-8-10-20(24)2)32(28)16-23-11-6-5-7-12-23/h5-15H,16-18H2,1-4H3,(H,29,33). The first kappa shape index (κ1) is 24.5. The van der Waals surface area contributed by atoms with Crippen LogP contribution in [0, 0.1) is 27.7 Å². The molecule has 0 fully saturated rings. The molecule has 0 saturated carbocycles. The second-order valence-electron chi connectivity index (χ2n) is 8.64. The highest BCUT2D eigenvalue weighted by Gasteiger charge is 2.16. The fourth-order valence-corrected chi connectivity index (χ4v) is 4.76. The number of aromatic nitrogens is 3. The van der Waals surface area contributed by atoms with Gasteiger partial charge in [0.2, 0.25) is 5.91 Å². The molecule has 0 atom stereocenters. The van der Waals surface area contributed by atoms with E-state index in [4.69, 9.17) is 4.74 Å². The third kappa shape index (κ3) is 6.31. The van der Waals surface area contributed by atoms with E-state index in [1.54, 1.807) is 0 Å². The number of para-hydroxylation sites is 1. The Bertz CT molecular complexity index is 1290. The Labute approximate surface area is 210 Å². The first-order valence-corrected chi connectivity index (χ1v) is 12.5. The number of rotatable bonds is 9. The van der Waals surface area contributed by atoms with Crippen molar-refractivity contribution in [3.63, 3.8) is 0 Å². The monoisotopic (exact) mass is 486 g/mol. The Morgan fingerprint density at radius 1 is 0.914 bits per heavy atom. The number of amides is 1. The zero-order valence-electron chi connectivity index (χ0n) is 20.5. The van der Waals surface area contributed by atoms with E-state index in [1.807, 2.05) is 67.8 Å². The van der Waals surface area contributed by atoms with Gasteiger partial charge in [0.25, 0.3) is 0 Å². The van der Waals surface area contributed by atoms with Crippen molar-refractivity contribution in [3.05, 3.63) is 100 Å². The topological polar surface area (TPSA) is 69.0 Å². The number of hydrogen-bond acceptors (Lipinski definition) is 5. The van der Waals surface area contributed by atoms with E-state index in [1.165, 1.54) is 17.3 Å². The summed E-state index contributed by atoms with van der Waals surface area (Å²) in [5, 5.41) is 12.5. The molecule has 0 bridgehead atoms. The van der Waals surface area contributed by atoms with Crippen LogP contribution in [-0.2, 0) is 17.9 Å². The maximum atomic E-state index is 12.8. The van der Waals surface area contributed by atoms with Crippen LogP contribution in [0.1, 0.15) is 33.6 Å². The van der Waals surface area contributed by atoms with Gasteiger partial charge in [-0.1, -0.05) is 78.0 Å². The summed E-state index contributed by atoms with van der Waals surface area (Å²) in [4.78, 5) is 12.8. The third-order valence-electron chi connectivity index (χ3n) is 5.70. The lowest BCUT2D eigenvalue weighted by atomic mass is 10.1. The average Bonchev–Trinajstić information content (AvgIpc) is 3.21. The number of aryl methyl sites for hydroxylation is 4. The molecule has 0 spiro atoms. The third-order valence-corrected chi connectivity index (χ3v) is 6.67. The number of anilines is 1. The molecule has 0 aliphatic heterocycles. The van der Waals surface area contributed by atoms with Crippen LogP contribution in [0.5, 0.6) is 5.75 Å². The van der Waals surface area contributed by atoms with Gasteiger partial charge in [0, 0.05) is 5.69 Å². The first-order chi connectivity index (χ1) is 16.9. The lowest BCUT2D eigenvalue weighted by Crippen LogP contribution is -2.17. The number of nitrogens with one attached hydrogen (secondary N) is 1. The number of carbonyl (C=O) groups excluding carboxylic acids is 1. The quantitative estimate of drug-likeness (QED) is 0.300. The van der Waals surface area contributed by atoms with Crippen molar-refractivity contribution in [3.8, 4) is 5.75 Å². The molecule has 35 heavy (non-hydrogen) atoms. The largest absolute Gasteiger partial charge is 0.485 e. The summed E-state index contributed by atoms with van der Waals surface area (Å²) in [6.07, 6.45) is 0. The van der Waals surface area contributed by atoms with E-state index in [0.717, 1.165) is 33.7 Å². The van der Waals surface area contributed by atoms with Crippen LogP contribution in [0.25, 0.3) is 0 Å². The number of thioether (sulfide) groups is 1. The van der Waals surface area contributed by atoms with Gasteiger partial charge in [0.05, 0.1) is 12.3 Å². The summed E-state index contributed by atoms with van der Waals surface area (Å²) in [5.74, 6) is 1.69. The zero-order valence-corrected chi connectivity index (χ0v) is 21.4. The van der Waals surface area contributed by atoms with E-state index in [0.29, 0.717) is 24.1 Å². The van der Waals surface area contributed by atoms with Crippen molar-refractivity contribution in [2.45, 2.75) is 46.0 Å². The molecule has 4 rings (SSSR count). The molecule has 1 heterocycles. The van der Waals surface area contributed by atoms with Gasteiger partial charge < -0.3 is 10.1 Å². The van der Waals surface area contributed by atoms with Crippen LogP contribution in [0.3, 0.4) is 0 Å². The number of hydrogen-bond donors (Lipinski definition) is 1. The molecule has 7 heteroatoms. The minimum absolute atomic E-state index is 0.0722. The predicted molar refractivity (Wildman–Crippen MR) is 141 cm³/mol. The Morgan fingerprint density at radius 3 is 2.31 bits per heavy atom. The molecule has 0 aliphatic rings. The minimum Gasteiger partial charge on any atom is -0.485 e. The summed E-state index contributed by atoms with van der Waals surface area (Å²) < 4.78 is 8.06. The molecule has 1 aromatic heterocycles. The zero-order chi connectivity index (χ0) is 24.8. The molecule has 0 saturated heterocycles. The Balaban J connectivity index is 1.49. The van der Waals surface area contributed by atoms with Crippen LogP contribution in [0.15, 0.2) is 71.9 Å². The summed E-state index contributed by atoms with van der Waals surface area (Å²) in [5.41, 5.74) is 6.37. The van der Waals surface area contributed by atoms with E-state index in [9.17, 15) is 4.79 Å². The lowest BCUT2D eigenvalue weighted by molar-refractivity contribution is -0.113. The van der Waals surface area contributed by atoms with Gasteiger partial charge in [-0.05, 0) is 56.0 Å². The van der Waals surface area contributed by atoms with E-state index < -0.39 is 0 Å². The van der Waals surface area contributed by atoms with E-state index in [-0.39, 0.29) is 11.7 Å². The minimum atomic E-state index is -0.0722. The predicted octanol–water partition coefficient (Wildman–Crippen LogP) is 5.87. The van der Waals surface area contributed by atoms with Gasteiger partial charge in [-0.25, -0.2) is 0 Å². The highest BCUT2D eigenvalue weighted by atomic mass is 32.2. The molecule has 180 valence electrons. The smallest absolute Gasteiger partial charge is 0.234 e. The van der Waals surface area contributed by atoms with Crippen LogP contribution in [-0.4, -0.2) is 26.4 Å².